The van der Waals surface area contributed by atoms with Crippen molar-refractivity contribution in [2.75, 3.05) is 10.6 Å². The summed E-state index contributed by atoms with van der Waals surface area (Å²) in [5, 5.41) is 9.01. The van der Waals surface area contributed by atoms with E-state index in [9.17, 15) is 9.59 Å². The summed E-state index contributed by atoms with van der Waals surface area (Å²) in [6, 6.07) is 21.1. The molecule has 0 aliphatic heterocycles. The van der Waals surface area contributed by atoms with Crippen LogP contribution in [0.1, 0.15) is 15.9 Å². The fourth-order valence-corrected chi connectivity index (χ4v) is 2.93. The van der Waals surface area contributed by atoms with E-state index in [1.165, 1.54) is 6.33 Å². The number of hydrogen-bond acceptors (Lipinski definition) is 5. The van der Waals surface area contributed by atoms with Gasteiger partial charge in [0.25, 0.3) is 5.91 Å². The molecule has 3 amide bonds. The monoisotopic (exact) mass is 397 g/mol. The second-order valence-corrected chi connectivity index (χ2v) is 6.72. The lowest BCUT2D eigenvalue weighted by molar-refractivity contribution is 0.0967. The molecule has 0 spiro atoms. The number of hydrogen-bond donors (Lipinski definition) is 3. The Bertz CT molecular complexity index is 1210. The van der Waals surface area contributed by atoms with Crippen molar-refractivity contribution in [2.45, 2.75) is 6.92 Å². The number of urea groups is 1. The summed E-state index contributed by atoms with van der Waals surface area (Å²) in [6.07, 6.45) is 1.48. The van der Waals surface area contributed by atoms with E-state index in [2.05, 4.69) is 25.9 Å². The van der Waals surface area contributed by atoms with Crippen molar-refractivity contribution in [1.29, 1.82) is 0 Å². The Balaban J connectivity index is 1.53. The van der Waals surface area contributed by atoms with E-state index in [4.69, 9.17) is 0 Å². The molecule has 7 nitrogen and oxygen atoms in total. The molecule has 0 aliphatic rings. The minimum atomic E-state index is -0.618. The molecule has 3 aromatic carbocycles. The molecule has 3 N–H and O–H groups in total. The van der Waals surface area contributed by atoms with Gasteiger partial charge in [-0.15, -0.1) is 0 Å². The number of nitrogens with zero attached hydrogens (tertiary/aromatic N) is 2. The van der Waals surface area contributed by atoms with Gasteiger partial charge in [0.2, 0.25) is 0 Å². The molecule has 30 heavy (non-hydrogen) atoms. The van der Waals surface area contributed by atoms with Gasteiger partial charge in [-0.05, 0) is 49.4 Å². The van der Waals surface area contributed by atoms with E-state index < -0.39 is 11.9 Å². The molecule has 4 aromatic rings. The van der Waals surface area contributed by atoms with E-state index in [1.54, 1.807) is 48.5 Å². The fourth-order valence-electron chi connectivity index (χ4n) is 2.93. The first kappa shape index (κ1) is 19.1. The smallest absolute Gasteiger partial charge is 0.326 e. The van der Waals surface area contributed by atoms with Gasteiger partial charge in [0.05, 0.1) is 5.52 Å². The van der Waals surface area contributed by atoms with Crippen LogP contribution in [-0.2, 0) is 0 Å². The van der Waals surface area contributed by atoms with E-state index in [-0.39, 0.29) is 0 Å². The second kappa shape index (κ2) is 8.40. The van der Waals surface area contributed by atoms with Crippen molar-refractivity contribution >= 4 is 40.0 Å². The number of carbonyl (C=O) groups excluding carboxylic acids is 2. The lowest BCUT2D eigenvalue weighted by atomic mass is 10.2. The average Bonchev–Trinajstić information content (AvgIpc) is 2.76. The lowest BCUT2D eigenvalue weighted by Crippen LogP contribution is -2.34. The van der Waals surface area contributed by atoms with Gasteiger partial charge < -0.3 is 10.6 Å². The highest BCUT2D eigenvalue weighted by atomic mass is 16.2. The number of fused-ring (bicyclic) bond motifs is 1. The highest BCUT2D eigenvalue weighted by Gasteiger charge is 2.11. The molecule has 0 radical (unpaired) electrons. The summed E-state index contributed by atoms with van der Waals surface area (Å²) in [5.41, 5.74) is 3.71. The number of rotatable bonds is 4. The number of imide groups is 1. The van der Waals surface area contributed by atoms with Crippen LogP contribution in [0.5, 0.6) is 0 Å². The maximum Gasteiger partial charge on any atom is 0.326 e. The van der Waals surface area contributed by atoms with Gasteiger partial charge in [0, 0.05) is 22.3 Å². The van der Waals surface area contributed by atoms with Crippen LogP contribution in [0.15, 0.2) is 79.1 Å². The molecule has 1 heterocycles. The Morgan fingerprint density at radius 2 is 1.57 bits per heavy atom. The molecule has 4 rings (SSSR count). The predicted octanol–water partition coefficient (Wildman–Crippen LogP) is 4.64. The Labute approximate surface area is 173 Å². The van der Waals surface area contributed by atoms with Gasteiger partial charge in [-0.3, -0.25) is 10.1 Å². The zero-order valence-electron chi connectivity index (χ0n) is 16.2. The highest BCUT2D eigenvalue weighted by Crippen LogP contribution is 2.26. The summed E-state index contributed by atoms with van der Waals surface area (Å²) in [5.74, 6) is 0.146. The molecule has 0 bridgehead atoms. The zero-order valence-corrected chi connectivity index (χ0v) is 16.2. The molecule has 7 heteroatoms. The van der Waals surface area contributed by atoms with Gasteiger partial charge in [0.15, 0.2) is 0 Å². The normalized spacial score (nSPS) is 10.4. The van der Waals surface area contributed by atoms with Gasteiger partial charge in [-0.25, -0.2) is 14.8 Å². The SMILES string of the molecule is Cc1ccc(Nc2ncnc3ccc(NC(=O)NC(=O)c4ccccc4)cc23)cc1. The number of carbonyl (C=O) groups is 2. The van der Waals surface area contributed by atoms with Crippen molar-refractivity contribution < 1.29 is 9.59 Å². The summed E-state index contributed by atoms with van der Waals surface area (Å²) in [6.45, 7) is 2.02. The average molecular weight is 397 g/mol. The summed E-state index contributed by atoms with van der Waals surface area (Å²) in [4.78, 5) is 33.0. The van der Waals surface area contributed by atoms with E-state index >= 15 is 0 Å². The van der Waals surface area contributed by atoms with Gasteiger partial charge in [-0.1, -0.05) is 35.9 Å². The van der Waals surface area contributed by atoms with Crippen LogP contribution in [0, 0.1) is 6.92 Å². The third kappa shape index (κ3) is 4.41. The molecular weight excluding hydrogens is 378 g/mol. The van der Waals surface area contributed by atoms with Crippen LogP contribution in [0.3, 0.4) is 0 Å². The van der Waals surface area contributed by atoms with Gasteiger partial charge in [-0.2, -0.15) is 0 Å². The van der Waals surface area contributed by atoms with Crippen molar-refractivity contribution in [1.82, 2.24) is 15.3 Å². The van der Waals surface area contributed by atoms with Crippen LogP contribution >= 0.6 is 0 Å². The Kier molecular flexibility index (Phi) is 5.34. The Morgan fingerprint density at radius 1 is 0.833 bits per heavy atom. The minimum Gasteiger partial charge on any atom is -0.340 e. The number of aromatic nitrogens is 2. The molecule has 0 saturated heterocycles. The van der Waals surface area contributed by atoms with Crippen molar-refractivity contribution in [2.24, 2.45) is 0 Å². The van der Waals surface area contributed by atoms with E-state index in [0.717, 1.165) is 22.2 Å². The molecule has 0 unspecified atom stereocenters. The van der Waals surface area contributed by atoms with Crippen molar-refractivity contribution in [3.63, 3.8) is 0 Å². The first-order valence-corrected chi connectivity index (χ1v) is 9.34. The van der Waals surface area contributed by atoms with Crippen LogP contribution < -0.4 is 16.0 Å². The second-order valence-electron chi connectivity index (χ2n) is 6.72. The number of amides is 3. The summed E-state index contributed by atoms with van der Waals surface area (Å²) >= 11 is 0. The molecule has 1 aromatic heterocycles. The number of aryl methyl sites for hydroxylation is 1. The third-order valence-electron chi connectivity index (χ3n) is 4.47. The maximum absolute atomic E-state index is 12.3. The zero-order chi connectivity index (χ0) is 20.9. The predicted molar refractivity (Wildman–Crippen MR) is 117 cm³/mol. The summed E-state index contributed by atoms with van der Waals surface area (Å²) < 4.78 is 0. The number of benzene rings is 3. The van der Waals surface area contributed by atoms with Crippen LogP contribution in [0.2, 0.25) is 0 Å². The molecule has 0 aliphatic carbocycles. The van der Waals surface area contributed by atoms with E-state index in [1.807, 2.05) is 31.2 Å². The Morgan fingerprint density at radius 3 is 2.33 bits per heavy atom. The molecule has 148 valence electrons. The highest BCUT2D eigenvalue weighted by molar-refractivity contribution is 6.08. The Hall–Kier alpha value is -4.26. The molecular formula is C23H19N5O2. The number of nitrogens with one attached hydrogen (secondary N) is 3. The minimum absolute atomic E-state index is 0.407. The van der Waals surface area contributed by atoms with Crippen LogP contribution in [-0.4, -0.2) is 21.9 Å². The topological polar surface area (TPSA) is 96.0 Å². The van der Waals surface area contributed by atoms with Crippen LogP contribution in [0.4, 0.5) is 22.0 Å². The first-order valence-electron chi connectivity index (χ1n) is 9.34. The molecule has 0 saturated carbocycles. The fraction of sp³-hybridized carbons (Fsp3) is 0.0435. The summed E-state index contributed by atoms with van der Waals surface area (Å²) in [7, 11) is 0. The van der Waals surface area contributed by atoms with E-state index in [0.29, 0.717) is 17.1 Å². The van der Waals surface area contributed by atoms with Crippen molar-refractivity contribution in [3.05, 3.63) is 90.3 Å². The quantitative estimate of drug-likeness (QED) is 0.466. The van der Waals surface area contributed by atoms with Crippen molar-refractivity contribution in [3.8, 4) is 0 Å². The van der Waals surface area contributed by atoms with Gasteiger partial charge in [0.1, 0.15) is 12.1 Å². The lowest BCUT2D eigenvalue weighted by Gasteiger charge is -2.11. The molecule has 0 atom stereocenters. The third-order valence-corrected chi connectivity index (χ3v) is 4.47. The first-order chi connectivity index (χ1) is 14.6. The standard InChI is InChI=1S/C23H19N5O2/c1-15-7-9-17(10-8-15)26-21-19-13-18(11-12-20(19)24-14-25-21)27-23(30)28-22(29)16-5-3-2-4-6-16/h2-14H,1H3,(H,24,25,26)(H2,27,28,29,30). The largest absolute Gasteiger partial charge is 0.340 e. The van der Waals surface area contributed by atoms with Gasteiger partial charge >= 0.3 is 6.03 Å². The number of anilines is 3. The molecule has 0 fully saturated rings. The van der Waals surface area contributed by atoms with Crippen LogP contribution in [0.25, 0.3) is 10.9 Å². The maximum atomic E-state index is 12.3.